The molecule has 1 saturated carbocycles. The molecule has 0 saturated heterocycles. The highest BCUT2D eigenvalue weighted by Gasteiger charge is 2.20. The minimum Gasteiger partial charge on any atom is -0.352 e. The number of rotatable bonds is 3. The van der Waals surface area contributed by atoms with Crippen molar-refractivity contribution >= 4 is 5.91 Å². The van der Waals surface area contributed by atoms with E-state index in [0.29, 0.717) is 18.5 Å². The first-order valence-electron chi connectivity index (χ1n) is 6.55. The van der Waals surface area contributed by atoms with Gasteiger partial charge in [0, 0.05) is 18.7 Å². The van der Waals surface area contributed by atoms with Crippen molar-refractivity contribution in [3.05, 3.63) is 35.4 Å². The van der Waals surface area contributed by atoms with Crippen molar-refractivity contribution in [2.75, 3.05) is 6.54 Å². The van der Waals surface area contributed by atoms with E-state index >= 15 is 0 Å². The normalized spacial score (nSPS) is 23.1. The number of hydrogen-bond donors (Lipinski definition) is 2. The fourth-order valence-electron chi connectivity index (χ4n) is 2.40. The van der Waals surface area contributed by atoms with Gasteiger partial charge in [0.1, 0.15) is 11.6 Å². The van der Waals surface area contributed by atoms with Crippen LogP contribution >= 0.6 is 0 Å². The van der Waals surface area contributed by atoms with E-state index in [1.54, 1.807) is 0 Å². The Hall–Kier alpha value is -1.49. The number of halogens is 2. The van der Waals surface area contributed by atoms with Crippen LogP contribution in [-0.2, 0) is 0 Å². The summed E-state index contributed by atoms with van der Waals surface area (Å²) in [7, 11) is 0. The minimum atomic E-state index is -0.830. The molecule has 5 heteroatoms. The van der Waals surface area contributed by atoms with E-state index in [0.717, 1.165) is 37.8 Å². The van der Waals surface area contributed by atoms with E-state index < -0.39 is 17.5 Å². The summed E-state index contributed by atoms with van der Waals surface area (Å²) in [6, 6.07) is 3.23. The number of benzene rings is 1. The van der Waals surface area contributed by atoms with Crippen molar-refractivity contribution < 1.29 is 13.6 Å². The third-order valence-electron chi connectivity index (χ3n) is 3.62. The zero-order chi connectivity index (χ0) is 13.8. The lowest BCUT2D eigenvalue weighted by Gasteiger charge is -2.26. The maximum absolute atomic E-state index is 13.4. The number of amides is 1. The molecule has 2 rings (SSSR count). The molecule has 3 N–H and O–H groups in total. The molecule has 19 heavy (non-hydrogen) atoms. The quantitative estimate of drug-likeness (QED) is 0.883. The lowest BCUT2D eigenvalue weighted by atomic mass is 9.86. The number of nitrogens with one attached hydrogen (secondary N) is 1. The first kappa shape index (κ1) is 13.9. The van der Waals surface area contributed by atoms with Gasteiger partial charge in [0.25, 0.3) is 5.91 Å². The third kappa shape index (κ3) is 3.73. The van der Waals surface area contributed by atoms with E-state index in [-0.39, 0.29) is 11.6 Å². The second-order valence-corrected chi connectivity index (χ2v) is 5.11. The molecule has 1 aromatic rings. The van der Waals surface area contributed by atoms with Crippen LogP contribution in [0.5, 0.6) is 0 Å². The van der Waals surface area contributed by atoms with Gasteiger partial charge in [-0.1, -0.05) is 0 Å². The van der Waals surface area contributed by atoms with Gasteiger partial charge in [-0.25, -0.2) is 8.78 Å². The highest BCUT2D eigenvalue weighted by atomic mass is 19.1. The van der Waals surface area contributed by atoms with Crippen LogP contribution in [0.25, 0.3) is 0 Å². The van der Waals surface area contributed by atoms with E-state index in [1.165, 1.54) is 0 Å². The Morgan fingerprint density at radius 2 is 1.95 bits per heavy atom. The maximum atomic E-state index is 13.4. The molecule has 3 nitrogen and oxygen atoms in total. The molecule has 0 radical (unpaired) electrons. The molecule has 1 fully saturated rings. The molecular formula is C14H18F2N2O. The van der Waals surface area contributed by atoms with Crippen LogP contribution in [0.4, 0.5) is 8.78 Å². The Labute approximate surface area is 111 Å². The van der Waals surface area contributed by atoms with Crippen LogP contribution in [0.1, 0.15) is 36.0 Å². The molecule has 0 unspecified atom stereocenters. The maximum Gasteiger partial charge on any atom is 0.254 e. The van der Waals surface area contributed by atoms with Crippen LogP contribution in [-0.4, -0.2) is 18.5 Å². The summed E-state index contributed by atoms with van der Waals surface area (Å²) in [6.07, 6.45) is 3.89. The molecule has 0 atom stereocenters. The molecule has 0 aliphatic heterocycles. The standard InChI is InChI=1S/C14H18F2N2O/c15-10-3-6-12(13(16)7-10)14(19)18-8-9-1-4-11(17)5-2-9/h3,6-7,9,11H,1-2,4-5,8,17H2,(H,18,19). The average Bonchev–Trinajstić information content (AvgIpc) is 2.37. The second kappa shape index (κ2) is 6.10. The van der Waals surface area contributed by atoms with Gasteiger partial charge in [-0.2, -0.15) is 0 Å². The smallest absolute Gasteiger partial charge is 0.254 e. The molecule has 1 aromatic carbocycles. The average molecular weight is 268 g/mol. The second-order valence-electron chi connectivity index (χ2n) is 5.11. The summed E-state index contributed by atoms with van der Waals surface area (Å²) in [6.45, 7) is 0.516. The Bertz CT molecular complexity index is 457. The first-order valence-corrected chi connectivity index (χ1v) is 6.55. The zero-order valence-corrected chi connectivity index (χ0v) is 10.7. The molecular weight excluding hydrogens is 250 g/mol. The molecule has 0 spiro atoms. The van der Waals surface area contributed by atoms with E-state index in [2.05, 4.69) is 5.32 Å². The molecule has 1 aliphatic rings. The predicted molar refractivity (Wildman–Crippen MR) is 68.6 cm³/mol. The molecule has 0 aromatic heterocycles. The van der Waals surface area contributed by atoms with Gasteiger partial charge in [0.2, 0.25) is 0 Å². The lowest BCUT2D eigenvalue weighted by molar-refractivity contribution is 0.0939. The molecule has 0 heterocycles. The summed E-state index contributed by atoms with van der Waals surface area (Å²) in [5.41, 5.74) is 5.69. The van der Waals surface area contributed by atoms with Crippen molar-refractivity contribution in [3.8, 4) is 0 Å². The molecule has 104 valence electrons. The van der Waals surface area contributed by atoms with E-state index in [4.69, 9.17) is 5.73 Å². The molecule has 1 amide bonds. The van der Waals surface area contributed by atoms with Crippen LogP contribution < -0.4 is 11.1 Å². The zero-order valence-electron chi connectivity index (χ0n) is 10.7. The van der Waals surface area contributed by atoms with Crippen LogP contribution in [0.3, 0.4) is 0 Å². The Morgan fingerprint density at radius 1 is 1.26 bits per heavy atom. The third-order valence-corrected chi connectivity index (χ3v) is 3.62. The topological polar surface area (TPSA) is 55.1 Å². The van der Waals surface area contributed by atoms with Gasteiger partial charge >= 0.3 is 0 Å². The first-order chi connectivity index (χ1) is 9.06. The fraction of sp³-hybridized carbons (Fsp3) is 0.500. The van der Waals surface area contributed by atoms with Crippen molar-refractivity contribution in [2.24, 2.45) is 11.7 Å². The summed E-state index contributed by atoms with van der Waals surface area (Å²) >= 11 is 0. The molecule has 1 aliphatic carbocycles. The van der Waals surface area contributed by atoms with Crippen molar-refractivity contribution in [3.63, 3.8) is 0 Å². The van der Waals surface area contributed by atoms with Crippen molar-refractivity contribution in [2.45, 2.75) is 31.7 Å². The van der Waals surface area contributed by atoms with Gasteiger partial charge in [0.05, 0.1) is 5.56 Å². The van der Waals surface area contributed by atoms with Crippen molar-refractivity contribution in [1.29, 1.82) is 0 Å². The van der Waals surface area contributed by atoms with Gasteiger partial charge in [-0.15, -0.1) is 0 Å². The summed E-state index contributed by atoms with van der Waals surface area (Å²) in [5.74, 6) is -1.61. The minimum absolute atomic E-state index is 0.117. The number of carbonyl (C=O) groups excluding carboxylic acids is 1. The Kier molecular flexibility index (Phi) is 4.47. The monoisotopic (exact) mass is 268 g/mol. The van der Waals surface area contributed by atoms with Crippen LogP contribution in [0, 0.1) is 17.6 Å². The summed E-state index contributed by atoms with van der Waals surface area (Å²) in [5, 5.41) is 2.70. The lowest BCUT2D eigenvalue weighted by Crippen LogP contribution is -2.34. The molecule has 0 bridgehead atoms. The van der Waals surface area contributed by atoms with E-state index in [9.17, 15) is 13.6 Å². The Balaban J connectivity index is 1.87. The largest absolute Gasteiger partial charge is 0.352 e. The summed E-state index contributed by atoms with van der Waals surface area (Å²) in [4.78, 5) is 11.8. The highest BCUT2D eigenvalue weighted by Crippen LogP contribution is 2.22. The van der Waals surface area contributed by atoms with Gasteiger partial charge in [0.15, 0.2) is 0 Å². The van der Waals surface area contributed by atoms with E-state index in [1.807, 2.05) is 0 Å². The number of nitrogens with two attached hydrogens (primary N) is 1. The van der Waals surface area contributed by atoms with Crippen molar-refractivity contribution in [1.82, 2.24) is 5.32 Å². The SMILES string of the molecule is NC1CCC(CNC(=O)c2ccc(F)cc2F)CC1. The number of carbonyl (C=O) groups is 1. The van der Waals surface area contributed by atoms with Gasteiger partial charge in [-0.3, -0.25) is 4.79 Å². The highest BCUT2D eigenvalue weighted by molar-refractivity contribution is 5.94. The van der Waals surface area contributed by atoms with Gasteiger partial charge in [-0.05, 0) is 43.7 Å². The number of hydrogen-bond acceptors (Lipinski definition) is 2. The fourth-order valence-corrected chi connectivity index (χ4v) is 2.40. The Morgan fingerprint density at radius 3 is 2.58 bits per heavy atom. The van der Waals surface area contributed by atoms with Crippen LogP contribution in [0.2, 0.25) is 0 Å². The predicted octanol–water partition coefficient (Wildman–Crippen LogP) is 2.21. The van der Waals surface area contributed by atoms with Crippen LogP contribution in [0.15, 0.2) is 18.2 Å². The van der Waals surface area contributed by atoms with Gasteiger partial charge < -0.3 is 11.1 Å². The summed E-state index contributed by atoms with van der Waals surface area (Å²) < 4.78 is 26.1.